The molecule has 0 aliphatic carbocycles. The average Bonchev–Trinajstić information content (AvgIpc) is 2.08. The van der Waals surface area contributed by atoms with Crippen molar-refractivity contribution in [3.63, 3.8) is 0 Å². The molecule has 0 atom stereocenters. The first-order valence-electron chi connectivity index (χ1n) is 3.70. The third-order valence-corrected chi connectivity index (χ3v) is 1.36. The van der Waals surface area contributed by atoms with E-state index in [2.05, 4.69) is 9.47 Å². The van der Waals surface area contributed by atoms with Crippen molar-refractivity contribution in [2.75, 3.05) is 5.73 Å². The third-order valence-electron chi connectivity index (χ3n) is 1.36. The molecule has 0 heterocycles. The van der Waals surface area contributed by atoms with E-state index in [1.807, 2.05) is 0 Å². The van der Waals surface area contributed by atoms with E-state index in [4.69, 9.17) is 15.9 Å². The number of nitrogen functional groups attached to an aromatic ring is 1. The Morgan fingerprint density at radius 3 is 2.13 bits per heavy atom. The minimum Gasteiger partial charge on any atom is -0.449 e. The fourth-order valence-corrected chi connectivity index (χ4v) is 0.877. The third kappa shape index (κ3) is 3.07. The number of anilines is 1. The van der Waals surface area contributed by atoms with Crippen molar-refractivity contribution in [2.45, 2.75) is 0 Å². The van der Waals surface area contributed by atoms with Gasteiger partial charge in [0.25, 0.3) is 0 Å². The summed E-state index contributed by atoms with van der Waals surface area (Å²) in [5, 5.41) is 16.7. The van der Waals surface area contributed by atoms with Gasteiger partial charge in [-0.2, -0.15) is 0 Å². The highest BCUT2D eigenvalue weighted by Crippen LogP contribution is 2.29. The Labute approximate surface area is 83.6 Å². The normalized spacial score (nSPS) is 9.33. The summed E-state index contributed by atoms with van der Waals surface area (Å²) in [6.45, 7) is 0. The predicted octanol–water partition coefficient (Wildman–Crippen LogP) is 1.38. The molecule has 7 heteroatoms. The van der Waals surface area contributed by atoms with Crippen molar-refractivity contribution in [3.05, 3.63) is 18.2 Å². The minimum absolute atomic E-state index is 0.226. The lowest BCUT2D eigenvalue weighted by Gasteiger charge is -2.06. The van der Waals surface area contributed by atoms with Gasteiger partial charge in [0.2, 0.25) is 0 Å². The molecule has 0 unspecified atom stereocenters. The monoisotopic (exact) mass is 213 g/mol. The van der Waals surface area contributed by atoms with Crippen LogP contribution in [0.5, 0.6) is 11.5 Å². The fourth-order valence-electron chi connectivity index (χ4n) is 0.877. The highest BCUT2D eigenvalue weighted by Gasteiger charge is 2.12. The van der Waals surface area contributed by atoms with Gasteiger partial charge < -0.3 is 25.4 Å². The molecule has 0 aliphatic rings. The SMILES string of the molecule is Nc1ccc(OC(=O)O)c(OC(=O)O)c1. The van der Waals surface area contributed by atoms with Crippen LogP contribution in [-0.4, -0.2) is 22.5 Å². The molecule has 0 radical (unpaired) electrons. The van der Waals surface area contributed by atoms with Crippen LogP contribution in [0.4, 0.5) is 15.3 Å². The van der Waals surface area contributed by atoms with Crippen LogP contribution in [0.3, 0.4) is 0 Å². The molecular formula is C8H7NO6. The quantitative estimate of drug-likeness (QED) is 0.385. The molecule has 0 saturated carbocycles. The molecule has 0 spiro atoms. The smallest absolute Gasteiger partial charge is 0.449 e. The van der Waals surface area contributed by atoms with Crippen molar-refractivity contribution in [1.29, 1.82) is 0 Å². The Hall–Kier alpha value is -2.44. The Kier molecular flexibility index (Phi) is 2.97. The van der Waals surface area contributed by atoms with Crippen molar-refractivity contribution in [3.8, 4) is 11.5 Å². The number of rotatable bonds is 2. The molecule has 0 bridgehead atoms. The van der Waals surface area contributed by atoms with Crippen molar-refractivity contribution < 1.29 is 29.3 Å². The zero-order valence-corrected chi connectivity index (χ0v) is 7.34. The summed E-state index contributed by atoms with van der Waals surface area (Å²) >= 11 is 0. The molecule has 0 aromatic heterocycles. The Morgan fingerprint density at radius 2 is 1.60 bits per heavy atom. The van der Waals surface area contributed by atoms with E-state index >= 15 is 0 Å². The van der Waals surface area contributed by atoms with Crippen LogP contribution in [0.25, 0.3) is 0 Å². The molecule has 1 rings (SSSR count). The molecule has 0 saturated heterocycles. The van der Waals surface area contributed by atoms with Crippen LogP contribution in [0.15, 0.2) is 18.2 Å². The van der Waals surface area contributed by atoms with Gasteiger partial charge in [0.15, 0.2) is 11.5 Å². The van der Waals surface area contributed by atoms with Crippen LogP contribution in [0.2, 0.25) is 0 Å². The fraction of sp³-hybridized carbons (Fsp3) is 0. The maximum absolute atomic E-state index is 10.3. The van der Waals surface area contributed by atoms with Crippen LogP contribution in [0.1, 0.15) is 0 Å². The van der Waals surface area contributed by atoms with Gasteiger partial charge in [0.1, 0.15) is 0 Å². The first kappa shape index (κ1) is 10.6. The molecule has 0 aliphatic heterocycles. The Bertz CT molecular complexity index is 402. The van der Waals surface area contributed by atoms with E-state index in [-0.39, 0.29) is 17.2 Å². The molecule has 80 valence electrons. The van der Waals surface area contributed by atoms with Gasteiger partial charge in [-0.3, -0.25) is 0 Å². The summed E-state index contributed by atoms with van der Waals surface area (Å²) < 4.78 is 8.55. The zero-order valence-electron chi connectivity index (χ0n) is 7.34. The summed E-state index contributed by atoms with van der Waals surface area (Å²) in [5.41, 5.74) is 5.58. The number of carboxylic acid groups (broad SMARTS) is 2. The second-order valence-electron chi connectivity index (χ2n) is 2.44. The van der Waals surface area contributed by atoms with Crippen LogP contribution in [-0.2, 0) is 0 Å². The summed E-state index contributed by atoms with van der Waals surface area (Å²) in [6.07, 6.45) is -3.16. The first-order valence-corrected chi connectivity index (χ1v) is 3.70. The Balaban J connectivity index is 3.02. The molecule has 7 nitrogen and oxygen atoms in total. The van der Waals surface area contributed by atoms with E-state index in [0.29, 0.717) is 0 Å². The van der Waals surface area contributed by atoms with E-state index in [1.165, 1.54) is 12.1 Å². The van der Waals surface area contributed by atoms with E-state index in [0.717, 1.165) is 6.07 Å². The second kappa shape index (κ2) is 4.18. The molecular weight excluding hydrogens is 206 g/mol. The topological polar surface area (TPSA) is 119 Å². The molecule has 15 heavy (non-hydrogen) atoms. The zero-order chi connectivity index (χ0) is 11.4. The van der Waals surface area contributed by atoms with Gasteiger partial charge in [0.05, 0.1) is 0 Å². The highest BCUT2D eigenvalue weighted by atomic mass is 16.7. The minimum atomic E-state index is -1.59. The predicted molar refractivity (Wildman–Crippen MR) is 48.2 cm³/mol. The number of nitrogens with two attached hydrogens (primary N) is 1. The summed E-state index contributed by atoms with van der Waals surface area (Å²) in [7, 11) is 0. The summed E-state index contributed by atoms with van der Waals surface area (Å²) in [4.78, 5) is 20.5. The highest BCUT2D eigenvalue weighted by molar-refractivity contribution is 5.68. The van der Waals surface area contributed by atoms with Gasteiger partial charge in [-0.25, -0.2) is 9.59 Å². The van der Waals surface area contributed by atoms with E-state index in [9.17, 15) is 9.59 Å². The summed E-state index contributed by atoms with van der Waals surface area (Å²) in [5.74, 6) is -0.510. The molecule has 4 N–H and O–H groups in total. The van der Waals surface area contributed by atoms with Gasteiger partial charge in [0, 0.05) is 11.8 Å². The van der Waals surface area contributed by atoms with Crippen LogP contribution in [0, 0.1) is 0 Å². The van der Waals surface area contributed by atoms with Gasteiger partial charge in [-0.15, -0.1) is 0 Å². The van der Waals surface area contributed by atoms with Gasteiger partial charge in [-0.05, 0) is 12.1 Å². The average molecular weight is 213 g/mol. The number of carbonyl (C=O) groups is 2. The maximum Gasteiger partial charge on any atom is 0.511 e. The van der Waals surface area contributed by atoms with Crippen LogP contribution >= 0.6 is 0 Å². The number of ether oxygens (including phenoxy) is 2. The number of benzene rings is 1. The maximum atomic E-state index is 10.3. The largest absolute Gasteiger partial charge is 0.511 e. The molecule has 0 fully saturated rings. The molecule has 1 aromatic carbocycles. The van der Waals surface area contributed by atoms with Gasteiger partial charge >= 0.3 is 12.3 Å². The summed E-state index contributed by atoms with van der Waals surface area (Å²) in [6, 6.07) is 3.70. The second-order valence-corrected chi connectivity index (χ2v) is 2.44. The van der Waals surface area contributed by atoms with E-state index in [1.54, 1.807) is 0 Å². The number of hydrogen-bond acceptors (Lipinski definition) is 5. The standard InChI is InChI=1S/C8H7NO6/c9-4-1-2-5(14-7(10)11)6(3-4)15-8(12)13/h1-3H,9H2,(H,10,11)(H,12,13). The number of hydrogen-bond donors (Lipinski definition) is 3. The lowest BCUT2D eigenvalue weighted by atomic mass is 10.3. The first-order chi connectivity index (χ1) is 6.99. The van der Waals surface area contributed by atoms with Crippen molar-refractivity contribution in [1.82, 2.24) is 0 Å². The van der Waals surface area contributed by atoms with Crippen molar-refractivity contribution >= 4 is 18.0 Å². The van der Waals surface area contributed by atoms with Crippen molar-refractivity contribution in [2.24, 2.45) is 0 Å². The molecule has 0 amide bonds. The lowest BCUT2D eigenvalue weighted by Crippen LogP contribution is -2.08. The van der Waals surface area contributed by atoms with E-state index < -0.39 is 12.3 Å². The van der Waals surface area contributed by atoms with Gasteiger partial charge in [-0.1, -0.05) is 0 Å². The lowest BCUT2D eigenvalue weighted by molar-refractivity contribution is 0.132. The molecule has 1 aromatic rings. The van der Waals surface area contributed by atoms with Crippen LogP contribution < -0.4 is 15.2 Å². The Morgan fingerprint density at radius 1 is 1.07 bits per heavy atom.